The number of hydrogen-bond donors (Lipinski definition) is 4. The zero-order valence-electron chi connectivity index (χ0n) is 9.79. The van der Waals surface area contributed by atoms with Gasteiger partial charge >= 0.3 is 0 Å². The standard InChI is InChI=1S/C11H11N7S/c12-15-11(19)18(10-13-5-6-14-10)9-7-3-1-2-4-8(7)16-17-9/h1-6H,12H2,(H,13,14)(H,15,19)(H,16,17). The second-order valence-electron chi connectivity index (χ2n) is 3.79. The monoisotopic (exact) mass is 273 g/mol. The molecule has 0 aliphatic heterocycles. The van der Waals surface area contributed by atoms with Gasteiger partial charge in [-0.1, -0.05) is 12.1 Å². The highest BCUT2D eigenvalue weighted by molar-refractivity contribution is 7.80. The minimum Gasteiger partial charge on any atom is -0.330 e. The van der Waals surface area contributed by atoms with Crippen molar-refractivity contribution in [2.24, 2.45) is 5.84 Å². The van der Waals surface area contributed by atoms with Gasteiger partial charge in [-0.2, -0.15) is 5.10 Å². The third-order valence-corrected chi connectivity index (χ3v) is 2.98. The third-order valence-electron chi connectivity index (χ3n) is 2.68. The Morgan fingerprint density at radius 1 is 1.37 bits per heavy atom. The van der Waals surface area contributed by atoms with Crippen molar-refractivity contribution in [2.75, 3.05) is 4.90 Å². The first-order valence-corrected chi connectivity index (χ1v) is 5.95. The molecule has 96 valence electrons. The van der Waals surface area contributed by atoms with Gasteiger partial charge in [0, 0.05) is 17.8 Å². The first kappa shape index (κ1) is 11.6. The zero-order chi connectivity index (χ0) is 13.2. The summed E-state index contributed by atoms with van der Waals surface area (Å²) in [5.74, 6) is 6.59. The molecule has 0 unspecified atom stereocenters. The van der Waals surface area contributed by atoms with Gasteiger partial charge < -0.3 is 10.4 Å². The number of para-hydroxylation sites is 1. The van der Waals surface area contributed by atoms with Crippen LogP contribution < -0.4 is 16.2 Å². The molecule has 0 fully saturated rings. The normalized spacial score (nSPS) is 10.6. The zero-order valence-corrected chi connectivity index (χ0v) is 10.6. The van der Waals surface area contributed by atoms with Crippen LogP contribution >= 0.6 is 12.2 Å². The molecule has 3 rings (SSSR count). The highest BCUT2D eigenvalue weighted by Crippen LogP contribution is 2.27. The summed E-state index contributed by atoms with van der Waals surface area (Å²) >= 11 is 5.21. The van der Waals surface area contributed by atoms with Gasteiger partial charge in [-0.15, -0.1) is 0 Å². The van der Waals surface area contributed by atoms with Crippen molar-refractivity contribution >= 4 is 40.0 Å². The van der Waals surface area contributed by atoms with Gasteiger partial charge in [-0.3, -0.25) is 5.10 Å². The van der Waals surface area contributed by atoms with E-state index in [0.29, 0.717) is 16.9 Å². The Bertz CT molecular complexity index is 703. The number of thiocarbonyl (C=S) groups is 1. The Labute approximate surface area is 113 Å². The maximum atomic E-state index is 5.42. The van der Waals surface area contributed by atoms with Crippen LogP contribution in [0.2, 0.25) is 0 Å². The van der Waals surface area contributed by atoms with Crippen LogP contribution in [0.25, 0.3) is 10.9 Å². The summed E-state index contributed by atoms with van der Waals surface area (Å²) in [5.41, 5.74) is 3.36. The molecular weight excluding hydrogens is 262 g/mol. The van der Waals surface area contributed by atoms with Crippen LogP contribution in [0.1, 0.15) is 0 Å². The van der Waals surface area contributed by atoms with Crippen LogP contribution in [0.15, 0.2) is 36.7 Å². The van der Waals surface area contributed by atoms with Crippen molar-refractivity contribution in [1.29, 1.82) is 0 Å². The minimum atomic E-state index is 0.298. The van der Waals surface area contributed by atoms with Crippen molar-refractivity contribution in [3.05, 3.63) is 36.7 Å². The fourth-order valence-corrected chi connectivity index (χ4v) is 2.03. The number of hydrazine groups is 1. The van der Waals surface area contributed by atoms with Gasteiger partial charge in [0.05, 0.1) is 5.52 Å². The summed E-state index contributed by atoms with van der Waals surface area (Å²) in [4.78, 5) is 8.80. The van der Waals surface area contributed by atoms with E-state index in [-0.39, 0.29) is 0 Å². The van der Waals surface area contributed by atoms with E-state index >= 15 is 0 Å². The number of nitrogens with one attached hydrogen (secondary N) is 3. The Morgan fingerprint density at radius 3 is 2.95 bits per heavy atom. The molecule has 0 amide bonds. The maximum absolute atomic E-state index is 5.42. The van der Waals surface area contributed by atoms with Crippen LogP contribution in [-0.2, 0) is 0 Å². The summed E-state index contributed by atoms with van der Waals surface area (Å²) < 4.78 is 0. The summed E-state index contributed by atoms with van der Waals surface area (Å²) in [6.45, 7) is 0. The molecule has 0 saturated carbocycles. The molecule has 1 aromatic carbocycles. The number of rotatable bonds is 2. The highest BCUT2D eigenvalue weighted by atomic mass is 32.1. The molecule has 0 spiro atoms. The fourth-order valence-electron chi connectivity index (χ4n) is 1.86. The maximum Gasteiger partial charge on any atom is 0.215 e. The lowest BCUT2D eigenvalue weighted by Crippen LogP contribution is -2.41. The molecule has 0 atom stereocenters. The Balaban J connectivity index is 2.17. The number of nitrogens with two attached hydrogens (primary N) is 1. The predicted molar refractivity (Wildman–Crippen MR) is 76.7 cm³/mol. The number of benzene rings is 1. The van der Waals surface area contributed by atoms with Gasteiger partial charge in [-0.05, 0) is 24.4 Å². The third kappa shape index (κ3) is 1.92. The molecular formula is C11H11N7S. The van der Waals surface area contributed by atoms with Crippen molar-refractivity contribution in [2.45, 2.75) is 0 Å². The number of fused-ring (bicyclic) bond motifs is 1. The van der Waals surface area contributed by atoms with Crippen LogP contribution in [0.4, 0.5) is 11.8 Å². The second kappa shape index (κ2) is 4.67. The fraction of sp³-hybridized carbons (Fsp3) is 0. The summed E-state index contributed by atoms with van der Waals surface area (Å²) in [6, 6.07) is 7.75. The predicted octanol–water partition coefficient (Wildman–Crippen LogP) is 1.17. The number of anilines is 2. The molecule has 0 aliphatic rings. The molecule has 0 saturated heterocycles. The number of nitrogens with zero attached hydrogens (tertiary/aromatic N) is 3. The second-order valence-corrected chi connectivity index (χ2v) is 4.18. The molecule has 5 N–H and O–H groups in total. The number of hydrogen-bond acceptors (Lipinski definition) is 4. The largest absolute Gasteiger partial charge is 0.330 e. The smallest absolute Gasteiger partial charge is 0.215 e. The lowest BCUT2D eigenvalue weighted by molar-refractivity contribution is 0.988. The van der Waals surface area contributed by atoms with E-state index in [0.717, 1.165) is 10.9 Å². The number of H-pyrrole nitrogens is 2. The SMILES string of the molecule is NNC(=S)N(c1ncc[nH]1)c1n[nH]c2ccccc12. The van der Waals surface area contributed by atoms with Crippen molar-refractivity contribution in [3.63, 3.8) is 0 Å². The molecule has 2 aromatic heterocycles. The van der Waals surface area contributed by atoms with Crippen LogP contribution in [0.5, 0.6) is 0 Å². The van der Waals surface area contributed by atoms with Gasteiger partial charge in [0.25, 0.3) is 0 Å². The quantitative estimate of drug-likeness (QED) is 0.318. The van der Waals surface area contributed by atoms with Crippen molar-refractivity contribution in [1.82, 2.24) is 25.6 Å². The molecule has 0 aliphatic carbocycles. The lowest BCUT2D eigenvalue weighted by atomic mass is 10.2. The molecule has 7 nitrogen and oxygen atoms in total. The summed E-state index contributed by atoms with van der Waals surface area (Å²) in [5, 5.41) is 8.45. The Kier molecular flexibility index (Phi) is 2.86. The average Bonchev–Trinajstić information content (AvgIpc) is 3.09. The van der Waals surface area contributed by atoms with Crippen LogP contribution in [0, 0.1) is 0 Å². The van der Waals surface area contributed by atoms with E-state index in [1.165, 1.54) is 0 Å². The van der Waals surface area contributed by atoms with E-state index in [9.17, 15) is 0 Å². The van der Waals surface area contributed by atoms with Crippen molar-refractivity contribution < 1.29 is 0 Å². The average molecular weight is 273 g/mol. The number of imidazole rings is 1. The van der Waals surface area contributed by atoms with E-state index in [4.69, 9.17) is 18.1 Å². The van der Waals surface area contributed by atoms with E-state index in [1.54, 1.807) is 17.3 Å². The van der Waals surface area contributed by atoms with Gasteiger partial charge in [-0.25, -0.2) is 15.7 Å². The van der Waals surface area contributed by atoms with E-state index < -0.39 is 0 Å². The number of aromatic amines is 2. The molecule has 2 heterocycles. The molecule has 3 aromatic rings. The Morgan fingerprint density at radius 2 is 2.21 bits per heavy atom. The first-order chi connectivity index (χ1) is 9.31. The van der Waals surface area contributed by atoms with Gasteiger partial charge in [0.1, 0.15) is 0 Å². The highest BCUT2D eigenvalue weighted by Gasteiger charge is 2.21. The van der Waals surface area contributed by atoms with Gasteiger partial charge in [0.15, 0.2) is 10.9 Å². The van der Waals surface area contributed by atoms with E-state index in [2.05, 4.69) is 25.6 Å². The van der Waals surface area contributed by atoms with E-state index in [1.807, 2.05) is 24.3 Å². The topological polar surface area (TPSA) is 98.7 Å². The summed E-state index contributed by atoms with van der Waals surface area (Å²) in [6.07, 6.45) is 3.34. The Hall–Kier alpha value is -2.45. The molecule has 8 heteroatoms. The minimum absolute atomic E-state index is 0.298. The van der Waals surface area contributed by atoms with Crippen LogP contribution in [0.3, 0.4) is 0 Å². The summed E-state index contributed by atoms with van der Waals surface area (Å²) in [7, 11) is 0. The van der Waals surface area contributed by atoms with Crippen LogP contribution in [-0.4, -0.2) is 25.3 Å². The van der Waals surface area contributed by atoms with Gasteiger partial charge in [0.2, 0.25) is 5.95 Å². The molecule has 19 heavy (non-hydrogen) atoms. The number of aromatic nitrogens is 4. The van der Waals surface area contributed by atoms with Crippen molar-refractivity contribution in [3.8, 4) is 0 Å². The lowest BCUT2D eigenvalue weighted by Gasteiger charge is -2.19. The molecule has 0 radical (unpaired) electrons. The molecule has 0 bridgehead atoms. The first-order valence-electron chi connectivity index (χ1n) is 5.54.